The van der Waals surface area contributed by atoms with Crippen molar-refractivity contribution in [3.63, 3.8) is 0 Å². The summed E-state index contributed by atoms with van der Waals surface area (Å²) in [5.74, 6) is -3.10. The van der Waals surface area contributed by atoms with E-state index in [-0.39, 0.29) is 51.7 Å². The minimum Gasteiger partial charge on any atom is -0.463 e. The number of aliphatic hydroxyl groups is 1. The summed E-state index contributed by atoms with van der Waals surface area (Å²) >= 11 is 0. The lowest BCUT2D eigenvalue weighted by molar-refractivity contribution is -0.150. The van der Waals surface area contributed by atoms with E-state index in [1.54, 1.807) is 12.1 Å². The number of ether oxygens (including phenoxy) is 2. The molecule has 3 atom stereocenters. The van der Waals surface area contributed by atoms with E-state index in [4.69, 9.17) is 14.6 Å². The SMILES string of the molecule is O=C(C[C@H]1CC=CC[C@@H](Cc2ccccc2)C(=O)OC[C@@H](C(=O)Nc2ccc3ccccc3c2)NC1=O)NCCOCCO. The molecule has 10 nitrogen and oxygen atoms in total. The van der Waals surface area contributed by atoms with Gasteiger partial charge in [-0.1, -0.05) is 72.8 Å². The summed E-state index contributed by atoms with van der Waals surface area (Å²) in [6.07, 6.45) is 4.59. The van der Waals surface area contributed by atoms with Gasteiger partial charge in [0.15, 0.2) is 0 Å². The lowest BCUT2D eigenvalue weighted by atomic mass is 9.94. The van der Waals surface area contributed by atoms with Gasteiger partial charge in [-0.15, -0.1) is 0 Å². The minimum absolute atomic E-state index is 0.109. The van der Waals surface area contributed by atoms with Gasteiger partial charge in [0.25, 0.3) is 5.91 Å². The molecule has 1 heterocycles. The van der Waals surface area contributed by atoms with Gasteiger partial charge in [-0.25, -0.2) is 0 Å². The van der Waals surface area contributed by atoms with Crippen LogP contribution in [0.4, 0.5) is 5.69 Å². The molecule has 0 aliphatic carbocycles. The zero-order valence-corrected chi connectivity index (χ0v) is 24.6. The maximum atomic E-state index is 13.5. The third kappa shape index (κ3) is 10.0. The number of esters is 1. The zero-order valence-electron chi connectivity index (χ0n) is 24.6. The number of fused-ring (bicyclic) bond motifs is 1. The molecule has 3 aromatic rings. The second-order valence-corrected chi connectivity index (χ2v) is 10.7. The highest BCUT2D eigenvalue weighted by molar-refractivity contribution is 5.99. The van der Waals surface area contributed by atoms with Crippen LogP contribution in [0.3, 0.4) is 0 Å². The van der Waals surface area contributed by atoms with E-state index in [1.807, 2.05) is 72.8 Å². The molecular formula is C34H39N3O7. The van der Waals surface area contributed by atoms with Gasteiger partial charge < -0.3 is 30.5 Å². The zero-order chi connectivity index (χ0) is 31.1. The average Bonchev–Trinajstić information content (AvgIpc) is 3.03. The molecule has 10 heteroatoms. The number of carbonyl (C=O) groups is 4. The fourth-order valence-corrected chi connectivity index (χ4v) is 4.94. The molecular weight excluding hydrogens is 562 g/mol. The van der Waals surface area contributed by atoms with Crippen molar-refractivity contribution in [1.82, 2.24) is 10.6 Å². The monoisotopic (exact) mass is 601 g/mol. The van der Waals surface area contributed by atoms with Crippen LogP contribution in [0, 0.1) is 11.8 Å². The van der Waals surface area contributed by atoms with Gasteiger partial charge in [-0.3, -0.25) is 19.2 Å². The Balaban J connectivity index is 1.50. The van der Waals surface area contributed by atoms with Gasteiger partial charge >= 0.3 is 5.97 Å². The van der Waals surface area contributed by atoms with Crippen molar-refractivity contribution in [3.8, 4) is 0 Å². The molecule has 0 aromatic heterocycles. The first-order valence-electron chi connectivity index (χ1n) is 14.8. The highest BCUT2D eigenvalue weighted by Gasteiger charge is 2.30. The van der Waals surface area contributed by atoms with Crippen molar-refractivity contribution in [1.29, 1.82) is 0 Å². The predicted octanol–water partition coefficient (Wildman–Crippen LogP) is 3.15. The van der Waals surface area contributed by atoms with Crippen molar-refractivity contribution in [3.05, 3.63) is 90.5 Å². The largest absolute Gasteiger partial charge is 0.463 e. The predicted molar refractivity (Wildman–Crippen MR) is 166 cm³/mol. The van der Waals surface area contributed by atoms with Crippen LogP contribution in [0.1, 0.15) is 24.8 Å². The third-order valence-corrected chi connectivity index (χ3v) is 7.32. The number of amides is 3. The Morgan fingerprint density at radius 2 is 1.64 bits per heavy atom. The van der Waals surface area contributed by atoms with Crippen molar-refractivity contribution in [2.24, 2.45) is 11.8 Å². The second kappa shape index (κ2) is 16.9. The summed E-state index contributed by atoms with van der Waals surface area (Å²) in [6, 6.07) is 21.6. The van der Waals surface area contributed by atoms with Crippen LogP contribution >= 0.6 is 0 Å². The van der Waals surface area contributed by atoms with Gasteiger partial charge in [0, 0.05) is 18.7 Å². The number of allylic oxidation sites excluding steroid dienone is 2. The quantitative estimate of drug-likeness (QED) is 0.150. The van der Waals surface area contributed by atoms with Crippen molar-refractivity contribution in [2.45, 2.75) is 31.7 Å². The summed E-state index contributed by atoms with van der Waals surface area (Å²) in [4.78, 5) is 52.7. The normalized spacial score (nSPS) is 19.2. The number of anilines is 1. The van der Waals surface area contributed by atoms with Crippen LogP contribution in [-0.2, 0) is 35.1 Å². The van der Waals surface area contributed by atoms with Gasteiger partial charge in [0.2, 0.25) is 11.8 Å². The summed E-state index contributed by atoms with van der Waals surface area (Å²) in [7, 11) is 0. The van der Waals surface area contributed by atoms with E-state index < -0.39 is 35.7 Å². The van der Waals surface area contributed by atoms with Gasteiger partial charge in [0.05, 0.1) is 31.7 Å². The number of carbonyl (C=O) groups excluding carboxylic acids is 4. The Labute approximate surface area is 256 Å². The maximum Gasteiger partial charge on any atom is 0.309 e. The lowest BCUT2D eigenvalue weighted by Crippen LogP contribution is -2.49. The van der Waals surface area contributed by atoms with E-state index in [0.29, 0.717) is 18.5 Å². The topological polar surface area (TPSA) is 143 Å². The molecule has 232 valence electrons. The Morgan fingerprint density at radius 3 is 2.41 bits per heavy atom. The van der Waals surface area contributed by atoms with E-state index in [2.05, 4.69) is 16.0 Å². The highest BCUT2D eigenvalue weighted by atomic mass is 16.5. The number of hydrogen-bond acceptors (Lipinski definition) is 7. The molecule has 0 bridgehead atoms. The van der Waals surface area contributed by atoms with Crippen molar-refractivity contribution in [2.75, 3.05) is 38.3 Å². The third-order valence-electron chi connectivity index (χ3n) is 7.32. The number of cyclic esters (lactones) is 1. The van der Waals surface area contributed by atoms with E-state index in [9.17, 15) is 19.2 Å². The molecule has 0 saturated carbocycles. The minimum atomic E-state index is -1.18. The summed E-state index contributed by atoms with van der Waals surface area (Å²) < 4.78 is 10.8. The smallest absolute Gasteiger partial charge is 0.309 e. The standard InChI is InChI=1S/C34H39N3O7/c38-17-19-43-18-16-35-31(39)22-27-12-6-7-13-28(20-24-8-2-1-3-9-24)34(42)44-23-30(37-32(27)40)33(41)36-29-15-14-25-10-4-5-11-26(25)21-29/h1-11,14-15,21,27-28,30,38H,12-13,16-20,22-23H2,(H,35,39)(H,36,41)(H,37,40)/t27-,28+,30+/m1/s1. The first kappa shape index (κ1) is 32.4. The number of rotatable bonds is 11. The molecule has 1 aliphatic heterocycles. The first-order valence-corrected chi connectivity index (χ1v) is 14.8. The molecule has 4 N–H and O–H groups in total. The Kier molecular flexibility index (Phi) is 12.5. The van der Waals surface area contributed by atoms with E-state index in [0.717, 1.165) is 16.3 Å². The molecule has 3 aromatic carbocycles. The van der Waals surface area contributed by atoms with Gasteiger partial charge in [-0.05, 0) is 47.7 Å². The molecule has 0 fully saturated rings. The fraction of sp³-hybridized carbons (Fsp3) is 0.353. The van der Waals surface area contributed by atoms with E-state index in [1.165, 1.54) is 0 Å². The van der Waals surface area contributed by atoms with Gasteiger partial charge in [0.1, 0.15) is 12.6 Å². The van der Waals surface area contributed by atoms with Gasteiger partial charge in [-0.2, -0.15) is 0 Å². The maximum absolute atomic E-state index is 13.5. The molecule has 3 amide bonds. The molecule has 0 saturated heterocycles. The molecule has 0 radical (unpaired) electrons. The molecule has 0 spiro atoms. The summed E-state index contributed by atoms with van der Waals surface area (Å²) in [6.45, 7) is 0.162. The number of benzene rings is 3. The van der Waals surface area contributed by atoms with Crippen LogP contribution in [0.5, 0.6) is 0 Å². The molecule has 0 unspecified atom stereocenters. The van der Waals surface area contributed by atoms with Crippen molar-refractivity contribution >= 4 is 40.2 Å². The molecule has 4 rings (SSSR count). The van der Waals surface area contributed by atoms with Crippen LogP contribution in [0.15, 0.2) is 84.9 Å². The molecule has 44 heavy (non-hydrogen) atoms. The number of hydrogen-bond donors (Lipinski definition) is 4. The van der Waals surface area contributed by atoms with E-state index >= 15 is 0 Å². The Morgan fingerprint density at radius 1 is 0.909 bits per heavy atom. The van der Waals surface area contributed by atoms with Crippen LogP contribution in [-0.4, -0.2) is 67.8 Å². The summed E-state index contributed by atoms with van der Waals surface area (Å²) in [5.41, 5.74) is 1.51. The Bertz CT molecular complexity index is 1440. The molecule has 1 aliphatic rings. The number of aliphatic hydroxyl groups excluding tert-OH is 1. The number of nitrogens with one attached hydrogen (secondary N) is 3. The van der Waals surface area contributed by atoms with Crippen molar-refractivity contribution < 1.29 is 33.8 Å². The fourth-order valence-electron chi connectivity index (χ4n) is 4.94. The highest BCUT2D eigenvalue weighted by Crippen LogP contribution is 2.21. The summed E-state index contributed by atoms with van der Waals surface area (Å²) in [5, 5.41) is 19.0. The van der Waals surface area contributed by atoms with Crippen LogP contribution < -0.4 is 16.0 Å². The second-order valence-electron chi connectivity index (χ2n) is 10.7. The van der Waals surface area contributed by atoms with Crippen LogP contribution in [0.25, 0.3) is 10.8 Å². The first-order chi connectivity index (χ1) is 21.4. The lowest BCUT2D eigenvalue weighted by Gasteiger charge is -2.24. The Hall–Kier alpha value is -4.54. The van der Waals surface area contributed by atoms with Crippen LogP contribution in [0.2, 0.25) is 0 Å². The average molecular weight is 602 g/mol.